The molecular formula is C20H27N3O5. The second-order valence-corrected chi connectivity index (χ2v) is 6.91. The molecule has 1 aromatic carbocycles. The van der Waals surface area contributed by atoms with Crippen molar-refractivity contribution in [3.05, 3.63) is 35.9 Å². The minimum absolute atomic E-state index is 0.0156. The van der Waals surface area contributed by atoms with Gasteiger partial charge < -0.3 is 19.9 Å². The smallest absolute Gasteiger partial charge is 0.308 e. The van der Waals surface area contributed by atoms with E-state index in [0.717, 1.165) is 0 Å². The summed E-state index contributed by atoms with van der Waals surface area (Å²) in [6, 6.07) is 8.28. The van der Waals surface area contributed by atoms with Gasteiger partial charge in [0.25, 0.3) is 11.8 Å². The van der Waals surface area contributed by atoms with Crippen molar-refractivity contribution < 1.29 is 23.9 Å². The van der Waals surface area contributed by atoms with Gasteiger partial charge in [0.2, 0.25) is 5.91 Å². The number of esters is 1. The lowest BCUT2D eigenvalue weighted by Crippen LogP contribution is -2.52. The lowest BCUT2D eigenvalue weighted by molar-refractivity contribution is -0.160. The Morgan fingerprint density at radius 3 is 2.14 bits per heavy atom. The standard InChI is InChI=1S/C20H27N3O5/c1-14(21-19(26)17-7-5-4-6-8-17)13-18(25)28-15(2)20(27)23-11-9-22(10-12-23)16(3)24/h4-8,14-15H,9-13H2,1-3H3,(H,21,26). The highest BCUT2D eigenvalue weighted by Gasteiger charge is 2.28. The number of rotatable bonds is 6. The summed E-state index contributed by atoms with van der Waals surface area (Å²) >= 11 is 0. The molecule has 2 atom stereocenters. The zero-order valence-electron chi connectivity index (χ0n) is 16.5. The highest BCUT2D eigenvalue weighted by molar-refractivity contribution is 5.94. The molecule has 1 saturated heterocycles. The molecule has 0 bridgehead atoms. The van der Waals surface area contributed by atoms with Crippen LogP contribution in [0.5, 0.6) is 0 Å². The van der Waals surface area contributed by atoms with Crippen LogP contribution < -0.4 is 5.32 Å². The summed E-state index contributed by atoms with van der Waals surface area (Å²) in [6.07, 6.45) is -0.942. The van der Waals surface area contributed by atoms with Crippen molar-refractivity contribution in [1.29, 1.82) is 0 Å². The van der Waals surface area contributed by atoms with Crippen molar-refractivity contribution in [2.75, 3.05) is 26.2 Å². The zero-order valence-corrected chi connectivity index (χ0v) is 16.5. The minimum Gasteiger partial charge on any atom is -0.452 e. The van der Waals surface area contributed by atoms with Gasteiger partial charge in [0.1, 0.15) is 0 Å². The van der Waals surface area contributed by atoms with Gasteiger partial charge in [-0.1, -0.05) is 18.2 Å². The van der Waals surface area contributed by atoms with Crippen LogP contribution in [0.15, 0.2) is 30.3 Å². The van der Waals surface area contributed by atoms with Crippen LogP contribution in [0, 0.1) is 0 Å². The minimum atomic E-state index is -0.909. The molecule has 8 nitrogen and oxygen atoms in total. The normalized spacial score (nSPS) is 16.1. The fourth-order valence-corrected chi connectivity index (χ4v) is 2.99. The molecule has 1 aliphatic rings. The Balaban J connectivity index is 1.76. The second kappa shape index (κ2) is 9.87. The van der Waals surface area contributed by atoms with E-state index in [1.807, 2.05) is 6.07 Å². The van der Waals surface area contributed by atoms with Crippen LogP contribution in [-0.2, 0) is 19.1 Å². The Bertz CT molecular complexity index is 714. The lowest BCUT2D eigenvalue weighted by atomic mass is 10.2. The molecule has 1 heterocycles. The molecule has 1 fully saturated rings. The Kier molecular flexibility index (Phi) is 7.54. The number of hydrogen-bond acceptors (Lipinski definition) is 5. The molecule has 8 heteroatoms. The van der Waals surface area contributed by atoms with Crippen molar-refractivity contribution in [3.63, 3.8) is 0 Å². The number of nitrogens with zero attached hydrogens (tertiary/aromatic N) is 2. The molecule has 1 aromatic rings. The Morgan fingerprint density at radius 2 is 1.57 bits per heavy atom. The number of carbonyl (C=O) groups is 4. The molecule has 0 aliphatic carbocycles. The molecule has 3 amide bonds. The lowest BCUT2D eigenvalue weighted by Gasteiger charge is -2.35. The molecular weight excluding hydrogens is 362 g/mol. The quantitative estimate of drug-likeness (QED) is 0.727. The van der Waals surface area contributed by atoms with Crippen LogP contribution in [0.2, 0.25) is 0 Å². The molecule has 2 unspecified atom stereocenters. The van der Waals surface area contributed by atoms with Crippen molar-refractivity contribution >= 4 is 23.7 Å². The third-order valence-electron chi connectivity index (χ3n) is 4.58. The van der Waals surface area contributed by atoms with Crippen LogP contribution in [0.1, 0.15) is 37.6 Å². The largest absolute Gasteiger partial charge is 0.452 e. The van der Waals surface area contributed by atoms with Gasteiger partial charge in [-0.25, -0.2) is 0 Å². The van der Waals surface area contributed by atoms with Crippen molar-refractivity contribution in [2.45, 2.75) is 39.3 Å². The van der Waals surface area contributed by atoms with Crippen molar-refractivity contribution in [3.8, 4) is 0 Å². The van der Waals surface area contributed by atoms with Crippen LogP contribution >= 0.6 is 0 Å². The first-order valence-electron chi connectivity index (χ1n) is 9.37. The zero-order chi connectivity index (χ0) is 20.7. The molecule has 28 heavy (non-hydrogen) atoms. The summed E-state index contributed by atoms with van der Waals surface area (Å²) in [5.74, 6) is -1.12. The highest BCUT2D eigenvalue weighted by atomic mass is 16.5. The average molecular weight is 389 g/mol. The van der Waals surface area contributed by atoms with Crippen LogP contribution in [0.3, 0.4) is 0 Å². The second-order valence-electron chi connectivity index (χ2n) is 6.91. The number of benzene rings is 1. The van der Waals surface area contributed by atoms with E-state index >= 15 is 0 Å². The fourth-order valence-electron chi connectivity index (χ4n) is 2.99. The van der Waals surface area contributed by atoms with Crippen LogP contribution in [-0.4, -0.2) is 71.8 Å². The fraction of sp³-hybridized carbons (Fsp3) is 0.500. The number of piperazine rings is 1. The third kappa shape index (κ3) is 6.07. The Labute approximate surface area is 164 Å². The molecule has 2 rings (SSSR count). The Morgan fingerprint density at radius 1 is 1.00 bits per heavy atom. The van der Waals surface area contributed by atoms with Crippen LogP contribution in [0.4, 0.5) is 0 Å². The molecule has 1 aliphatic heterocycles. The SMILES string of the molecule is CC(=O)N1CCN(C(=O)C(C)OC(=O)CC(C)NC(=O)c2ccccc2)CC1. The predicted octanol–water partition coefficient (Wildman–Crippen LogP) is 0.817. The van der Waals surface area contributed by atoms with E-state index in [4.69, 9.17) is 4.74 Å². The predicted molar refractivity (Wildman–Crippen MR) is 102 cm³/mol. The first-order chi connectivity index (χ1) is 13.3. The summed E-state index contributed by atoms with van der Waals surface area (Å²) in [7, 11) is 0. The van der Waals surface area contributed by atoms with E-state index in [1.165, 1.54) is 13.8 Å². The molecule has 0 saturated carbocycles. The number of ether oxygens (including phenoxy) is 1. The number of hydrogen-bond donors (Lipinski definition) is 1. The monoisotopic (exact) mass is 389 g/mol. The van der Waals surface area contributed by atoms with E-state index in [-0.39, 0.29) is 24.1 Å². The van der Waals surface area contributed by atoms with E-state index in [9.17, 15) is 19.2 Å². The van der Waals surface area contributed by atoms with Gasteiger partial charge in [0, 0.05) is 44.7 Å². The maximum Gasteiger partial charge on any atom is 0.308 e. The first kappa shape index (κ1) is 21.4. The van der Waals surface area contributed by atoms with E-state index in [0.29, 0.717) is 31.7 Å². The third-order valence-corrected chi connectivity index (χ3v) is 4.58. The van der Waals surface area contributed by atoms with Crippen molar-refractivity contribution in [2.24, 2.45) is 0 Å². The maximum absolute atomic E-state index is 12.4. The van der Waals surface area contributed by atoms with Gasteiger partial charge in [-0.3, -0.25) is 19.2 Å². The summed E-state index contributed by atoms with van der Waals surface area (Å²) in [6.45, 7) is 6.53. The molecule has 0 spiro atoms. The first-order valence-corrected chi connectivity index (χ1v) is 9.37. The van der Waals surface area contributed by atoms with E-state index in [2.05, 4.69) is 5.32 Å². The summed E-state index contributed by atoms with van der Waals surface area (Å²) in [5, 5.41) is 2.74. The number of nitrogens with one attached hydrogen (secondary N) is 1. The van der Waals surface area contributed by atoms with Gasteiger partial charge in [0.05, 0.1) is 6.42 Å². The van der Waals surface area contributed by atoms with Gasteiger partial charge in [0.15, 0.2) is 6.10 Å². The molecule has 0 aromatic heterocycles. The summed E-state index contributed by atoms with van der Waals surface area (Å²) in [4.78, 5) is 51.3. The Hall–Kier alpha value is -2.90. The van der Waals surface area contributed by atoms with Crippen molar-refractivity contribution in [1.82, 2.24) is 15.1 Å². The maximum atomic E-state index is 12.4. The van der Waals surface area contributed by atoms with Gasteiger partial charge >= 0.3 is 5.97 Å². The molecule has 152 valence electrons. The average Bonchev–Trinajstić information content (AvgIpc) is 2.67. The van der Waals surface area contributed by atoms with E-state index < -0.39 is 18.1 Å². The molecule has 0 radical (unpaired) electrons. The van der Waals surface area contributed by atoms with Gasteiger partial charge in [-0.2, -0.15) is 0 Å². The number of amides is 3. The highest BCUT2D eigenvalue weighted by Crippen LogP contribution is 2.08. The number of carbonyl (C=O) groups excluding carboxylic acids is 4. The van der Waals surface area contributed by atoms with E-state index in [1.54, 1.807) is 41.0 Å². The van der Waals surface area contributed by atoms with Crippen LogP contribution in [0.25, 0.3) is 0 Å². The summed E-state index contributed by atoms with van der Waals surface area (Å²) < 4.78 is 5.24. The topological polar surface area (TPSA) is 96.0 Å². The van der Waals surface area contributed by atoms with Gasteiger partial charge in [-0.05, 0) is 26.0 Å². The van der Waals surface area contributed by atoms with Gasteiger partial charge in [-0.15, -0.1) is 0 Å². The summed E-state index contributed by atoms with van der Waals surface area (Å²) in [5.41, 5.74) is 0.510. The molecule has 1 N–H and O–H groups in total.